The molecule has 0 fully saturated rings. The second-order valence-corrected chi connectivity index (χ2v) is 3.79. The Morgan fingerprint density at radius 3 is 2.88 bits per heavy atom. The van der Waals surface area contributed by atoms with Crippen LogP contribution in [-0.4, -0.2) is 10.9 Å². The van der Waals surface area contributed by atoms with E-state index in [9.17, 15) is 4.79 Å². The largest absolute Gasteiger partial charge is 0.379 e. The molecular formula is C13H10N2O2. The van der Waals surface area contributed by atoms with Gasteiger partial charge >= 0.3 is 0 Å². The zero-order valence-corrected chi connectivity index (χ0v) is 8.99. The van der Waals surface area contributed by atoms with Crippen LogP contribution in [0.25, 0.3) is 16.7 Å². The van der Waals surface area contributed by atoms with Gasteiger partial charge in [0, 0.05) is 23.5 Å². The average Bonchev–Trinajstić information content (AvgIpc) is 2.87. The van der Waals surface area contributed by atoms with Crippen LogP contribution >= 0.6 is 0 Å². The van der Waals surface area contributed by atoms with E-state index in [0.717, 1.165) is 16.7 Å². The summed E-state index contributed by atoms with van der Waals surface area (Å²) < 4.78 is 0. The fourth-order valence-corrected chi connectivity index (χ4v) is 1.94. The van der Waals surface area contributed by atoms with E-state index in [1.54, 1.807) is 6.07 Å². The molecule has 1 aliphatic rings. The number of hydrogen-bond donors (Lipinski definition) is 2. The molecule has 1 aliphatic heterocycles. The summed E-state index contributed by atoms with van der Waals surface area (Å²) in [6, 6.07) is 7.56. The number of nitrogens with one attached hydrogen (secondary N) is 2. The molecule has 0 saturated heterocycles. The number of amides is 1. The Hall–Kier alpha value is -2.49. The van der Waals surface area contributed by atoms with Crippen molar-refractivity contribution in [3.05, 3.63) is 48.8 Å². The predicted octanol–water partition coefficient (Wildman–Crippen LogP) is 2.12. The minimum Gasteiger partial charge on any atom is -0.379 e. The molecule has 4 nitrogen and oxygen atoms in total. The highest BCUT2D eigenvalue weighted by molar-refractivity contribution is 6.21. The lowest BCUT2D eigenvalue weighted by Crippen LogP contribution is -2.32. The van der Waals surface area contributed by atoms with Gasteiger partial charge < -0.3 is 9.82 Å². The molecule has 2 aromatic rings. The number of benzene rings is 1. The first kappa shape index (κ1) is 9.72. The van der Waals surface area contributed by atoms with Gasteiger partial charge in [0.1, 0.15) is 0 Å². The standard InChI is InChI=1S/C13H10N2O2/c1-8-12-10(9-5-6-14-7-9)3-2-4-11(12)17-15-13(8)16/h2-7,14H,1H2,(H,15,16). The molecule has 2 N–H and O–H groups in total. The second kappa shape index (κ2) is 3.52. The van der Waals surface area contributed by atoms with Crippen LogP contribution in [0, 0.1) is 0 Å². The van der Waals surface area contributed by atoms with Gasteiger partial charge in [0.15, 0.2) is 5.75 Å². The van der Waals surface area contributed by atoms with Gasteiger partial charge in [0.25, 0.3) is 5.91 Å². The zero-order valence-electron chi connectivity index (χ0n) is 8.99. The van der Waals surface area contributed by atoms with Gasteiger partial charge in [-0.15, -0.1) is 0 Å². The van der Waals surface area contributed by atoms with Crippen molar-refractivity contribution in [3.63, 3.8) is 0 Å². The van der Waals surface area contributed by atoms with E-state index in [-0.39, 0.29) is 5.91 Å². The Kier molecular flexibility index (Phi) is 2.01. The number of carbonyl (C=O) groups is 1. The summed E-state index contributed by atoms with van der Waals surface area (Å²) in [5.41, 5.74) is 5.41. The zero-order chi connectivity index (χ0) is 11.8. The summed E-state index contributed by atoms with van der Waals surface area (Å²) >= 11 is 0. The van der Waals surface area contributed by atoms with Crippen LogP contribution in [0.5, 0.6) is 5.75 Å². The molecule has 0 radical (unpaired) electrons. The van der Waals surface area contributed by atoms with E-state index in [2.05, 4.69) is 17.0 Å². The first-order valence-electron chi connectivity index (χ1n) is 5.20. The lowest BCUT2D eigenvalue weighted by atomic mass is 9.95. The summed E-state index contributed by atoms with van der Waals surface area (Å²) in [5.74, 6) is 0.314. The van der Waals surface area contributed by atoms with Gasteiger partial charge in [0.05, 0.1) is 0 Å². The predicted molar refractivity (Wildman–Crippen MR) is 64.0 cm³/mol. The fourth-order valence-electron chi connectivity index (χ4n) is 1.94. The molecule has 3 rings (SSSR count). The van der Waals surface area contributed by atoms with Gasteiger partial charge in [-0.1, -0.05) is 18.7 Å². The van der Waals surface area contributed by atoms with Crippen molar-refractivity contribution < 1.29 is 9.63 Å². The highest BCUT2D eigenvalue weighted by Gasteiger charge is 2.24. The van der Waals surface area contributed by atoms with E-state index < -0.39 is 0 Å². The van der Waals surface area contributed by atoms with E-state index >= 15 is 0 Å². The summed E-state index contributed by atoms with van der Waals surface area (Å²) in [7, 11) is 0. The highest BCUT2D eigenvalue weighted by Crippen LogP contribution is 2.36. The Morgan fingerprint density at radius 2 is 2.12 bits per heavy atom. The molecule has 84 valence electrons. The molecule has 0 spiro atoms. The maximum Gasteiger partial charge on any atom is 0.284 e. The molecule has 0 saturated carbocycles. The molecular weight excluding hydrogens is 216 g/mol. The fraction of sp³-hybridized carbons (Fsp3) is 0. The molecule has 1 aromatic carbocycles. The Balaban J connectivity index is 2.25. The van der Waals surface area contributed by atoms with Crippen molar-refractivity contribution in [2.75, 3.05) is 0 Å². The van der Waals surface area contributed by atoms with Crippen LogP contribution in [0.3, 0.4) is 0 Å². The summed E-state index contributed by atoms with van der Waals surface area (Å²) in [6.45, 7) is 3.80. The maximum atomic E-state index is 11.5. The molecule has 17 heavy (non-hydrogen) atoms. The minimum atomic E-state index is -0.305. The van der Waals surface area contributed by atoms with Crippen molar-refractivity contribution in [1.82, 2.24) is 10.5 Å². The van der Waals surface area contributed by atoms with E-state index in [1.807, 2.05) is 30.6 Å². The van der Waals surface area contributed by atoms with E-state index in [4.69, 9.17) is 4.84 Å². The Bertz CT molecular complexity index is 600. The maximum absolute atomic E-state index is 11.5. The highest BCUT2D eigenvalue weighted by atomic mass is 16.7. The normalized spacial score (nSPS) is 13.9. The Morgan fingerprint density at radius 1 is 1.24 bits per heavy atom. The molecule has 2 heterocycles. The molecule has 4 heteroatoms. The molecule has 0 unspecified atom stereocenters. The topological polar surface area (TPSA) is 54.1 Å². The van der Waals surface area contributed by atoms with Crippen LogP contribution in [0.1, 0.15) is 5.56 Å². The molecule has 1 aromatic heterocycles. The van der Waals surface area contributed by atoms with Gasteiger partial charge in [-0.25, -0.2) is 0 Å². The molecule has 1 amide bonds. The number of carbonyl (C=O) groups excluding carboxylic acids is 1. The number of fused-ring (bicyclic) bond motifs is 1. The van der Waals surface area contributed by atoms with Crippen molar-refractivity contribution >= 4 is 11.5 Å². The van der Waals surface area contributed by atoms with Crippen LogP contribution < -0.4 is 10.3 Å². The third-order valence-corrected chi connectivity index (χ3v) is 2.76. The quantitative estimate of drug-likeness (QED) is 0.732. The average molecular weight is 226 g/mol. The monoisotopic (exact) mass is 226 g/mol. The third kappa shape index (κ3) is 1.42. The SMILES string of the molecule is C=C1C(=O)NOc2cccc(-c3cc[nH]c3)c21. The summed E-state index contributed by atoms with van der Waals surface area (Å²) in [5, 5.41) is 0. The van der Waals surface area contributed by atoms with Crippen LogP contribution in [0.15, 0.2) is 43.2 Å². The number of rotatable bonds is 1. The van der Waals surface area contributed by atoms with E-state index in [0.29, 0.717) is 11.3 Å². The first-order valence-corrected chi connectivity index (χ1v) is 5.20. The summed E-state index contributed by atoms with van der Waals surface area (Å²) in [6.07, 6.45) is 3.71. The Labute approximate surface area is 97.9 Å². The van der Waals surface area contributed by atoms with Crippen molar-refractivity contribution in [3.8, 4) is 16.9 Å². The van der Waals surface area contributed by atoms with Crippen molar-refractivity contribution in [1.29, 1.82) is 0 Å². The smallest absolute Gasteiger partial charge is 0.284 e. The number of H-pyrrole nitrogens is 1. The molecule has 0 bridgehead atoms. The lowest BCUT2D eigenvalue weighted by molar-refractivity contribution is -0.122. The number of hydroxylamine groups is 1. The molecule has 0 aliphatic carbocycles. The lowest BCUT2D eigenvalue weighted by Gasteiger charge is -2.21. The van der Waals surface area contributed by atoms with Crippen LogP contribution in [0.4, 0.5) is 0 Å². The third-order valence-electron chi connectivity index (χ3n) is 2.76. The summed E-state index contributed by atoms with van der Waals surface area (Å²) in [4.78, 5) is 19.7. The minimum absolute atomic E-state index is 0.305. The van der Waals surface area contributed by atoms with E-state index in [1.165, 1.54) is 0 Å². The van der Waals surface area contributed by atoms with Crippen LogP contribution in [0.2, 0.25) is 0 Å². The van der Waals surface area contributed by atoms with Gasteiger partial charge in [-0.3, -0.25) is 4.79 Å². The van der Waals surface area contributed by atoms with Crippen molar-refractivity contribution in [2.45, 2.75) is 0 Å². The van der Waals surface area contributed by atoms with Gasteiger partial charge in [-0.2, -0.15) is 5.48 Å². The first-order chi connectivity index (χ1) is 8.27. The number of aromatic amines is 1. The number of aromatic nitrogens is 1. The second-order valence-electron chi connectivity index (χ2n) is 3.79. The number of hydrogen-bond acceptors (Lipinski definition) is 2. The van der Waals surface area contributed by atoms with Gasteiger partial charge in [-0.05, 0) is 23.3 Å². The van der Waals surface area contributed by atoms with Gasteiger partial charge in [0.2, 0.25) is 0 Å². The van der Waals surface area contributed by atoms with Crippen molar-refractivity contribution in [2.24, 2.45) is 0 Å². The molecule has 0 atom stereocenters. The van der Waals surface area contributed by atoms with Crippen LogP contribution in [-0.2, 0) is 4.79 Å².